The zero-order valence-electron chi connectivity index (χ0n) is 13.6. The van der Waals surface area contributed by atoms with Gasteiger partial charge in [0.05, 0.1) is 0 Å². The Labute approximate surface area is 147 Å². The van der Waals surface area contributed by atoms with Crippen LogP contribution in [0.1, 0.15) is 16.5 Å². The molecule has 122 valence electrons. The maximum atomic E-state index is 4.29. The highest BCUT2D eigenvalue weighted by Crippen LogP contribution is 2.31. The molecule has 1 atom stereocenters. The minimum absolute atomic E-state index is 0.398. The van der Waals surface area contributed by atoms with Gasteiger partial charge in [0.25, 0.3) is 0 Å². The second-order valence-corrected chi connectivity index (χ2v) is 7.28. The Kier molecular flexibility index (Phi) is 4.69. The zero-order valence-corrected chi connectivity index (χ0v) is 14.4. The summed E-state index contributed by atoms with van der Waals surface area (Å²) in [6.45, 7) is 4.10. The van der Waals surface area contributed by atoms with Gasteiger partial charge < -0.3 is 5.32 Å². The second-order valence-electron chi connectivity index (χ2n) is 6.11. The highest BCUT2D eigenvalue weighted by atomic mass is 32.1. The molecule has 0 spiro atoms. The van der Waals surface area contributed by atoms with Crippen molar-refractivity contribution in [2.75, 3.05) is 19.6 Å². The fraction of sp³-hybridized carbons (Fsp3) is 0.250. The lowest BCUT2D eigenvalue weighted by molar-refractivity contribution is 0.155. The first kappa shape index (κ1) is 15.5. The van der Waals surface area contributed by atoms with Crippen molar-refractivity contribution in [3.8, 4) is 10.4 Å². The van der Waals surface area contributed by atoms with Gasteiger partial charge in [-0.2, -0.15) is 0 Å². The van der Waals surface area contributed by atoms with Crippen LogP contribution in [0.15, 0.2) is 67.0 Å². The molecular formula is C20H21N3S. The summed E-state index contributed by atoms with van der Waals surface area (Å²) in [6.07, 6.45) is 3.84. The summed E-state index contributed by atoms with van der Waals surface area (Å²) < 4.78 is 0. The van der Waals surface area contributed by atoms with Crippen molar-refractivity contribution in [1.82, 2.24) is 15.2 Å². The van der Waals surface area contributed by atoms with Crippen LogP contribution < -0.4 is 5.32 Å². The quantitative estimate of drug-likeness (QED) is 0.782. The van der Waals surface area contributed by atoms with Gasteiger partial charge in [0.2, 0.25) is 0 Å². The number of aromatic nitrogens is 1. The smallest absolute Gasteiger partial charge is 0.0492 e. The van der Waals surface area contributed by atoms with E-state index in [1.807, 2.05) is 29.8 Å². The van der Waals surface area contributed by atoms with Crippen molar-refractivity contribution >= 4 is 11.3 Å². The largest absolute Gasteiger partial charge is 0.314 e. The van der Waals surface area contributed by atoms with Gasteiger partial charge in [-0.25, -0.2) is 0 Å². The average Bonchev–Trinajstić information content (AvgIpc) is 3.12. The second kappa shape index (κ2) is 7.26. The summed E-state index contributed by atoms with van der Waals surface area (Å²) in [6, 6.07) is 19.8. The Morgan fingerprint density at radius 1 is 1.08 bits per heavy atom. The van der Waals surface area contributed by atoms with Crippen LogP contribution in [0.25, 0.3) is 10.4 Å². The van der Waals surface area contributed by atoms with Crippen molar-refractivity contribution in [3.05, 3.63) is 77.4 Å². The predicted molar refractivity (Wildman–Crippen MR) is 100 cm³/mol. The van der Waals surface area contributed by atoms with Gasteiger partial charge in [0, 0.05) is 54.4 Å². The first-order valence-electron chi connectivity index (χ1n) is 8.39. The van der Waals surface area contributed by atoms with E-state index in [0.29, 0.717) is 6.04 Å². The fourth-order valence-electron chi connectivity index (χ4n) is 3.26. The molecule has 1 fully saturated rings. The summed E-state index contributed by atoms with van der Waals surface area (Å²) in [5.74, 6) is 0. The Balaban J connectivity index is 1.52. The molecule has 1 aromatic carbocycles. The van der Waals surface area contributed by atoms with E-state index >= 15 is 0 Å². The van der Waals surface area contributed by atoms with Crippen molar-refractivity contribution in [3.63, 3.8) is 0 Å². The fourth-order valence-corrected chi connectivity index (χ4v) is 4.30. The summed E-state index contributed by atoms with van der Waals surface area (Å²) in [7, 11) is 0. The molecule has 2 aromatic heterocycles. The third kappa shape index (κ3) is 3.41. The Morgan fingerprint density at radius 3 is 2.83 bits per heavy atom. The number of nitrogens with one attached hydrogen (secondary N) is 1. The average molecular weight is 335 g/mol. The van der Waals surface area contributed by atoms with Crippen LogP contribution >= 0.6 is 11.3 Å². The van der Waals surface area contributed by atoms with Gasteiger partial charge in [0.1, 0.15) is 0 Å². The summed E-state index contributed by atoms with van der Waals surface area (Å²) in [5, 5.41) is 3.51. The topological polar surface area (TPSA) is 28.2 Å². The molecule has 0 aliphatic carbocycles. The zero-order chi connectivity index (χ0) is 16.2. The summed E-state index contributed by atoms with van der Waals surface area (Å²) >= 11 is 1.90. The van der Waals surface area contributed by atoms with Gasteiger partial charge in [-0.1, -0.05) is 36.4 Å². The van der Waals surface area contributed by atoms with Gasteiger partial charge in [-0.15, -0.1) is 11.3 Å². The van der Waals surface area contributed by atoms with E-state index in [2.05, 4.69) is 63.7 Å². The number of hydrogen-bond acceptors (Lipinski definition) is 4. The normalized spacial score (nSPS) is 18.6. The third-order valence-electron chi connectivity index (χ3n) is 4.50. The number of thiophene rings is 1. The SMILES string of the molecule is c1ccc(-c2ccc(CN3CCNCC3c3cccnc3)s2)cc1. The van der Waals surface area contributed by atoms with Crippen molar-refractivity contribution in [2.45, 2.75) is 12.6 Å². The number of pyridine rings is 1. The highest BCUT2D eigenvalue weighted by molar-refractivity contribution is 7.15. The van der Waals surface area contributed by atoms with E-state index < -0.39 is 0 Å². The minimum atomic E-state index is 0.398. The van der Waals surface area contributed by atoms with Crippen molar-refractivity contribution in [2.24, 2.45) is 0 Å². The highest BCUT2D eigenvalue weighted by Gasteiger charge is 2.24. The van der Waals surface area contributed by atoms with E-state index in [1.165, 1.54) is 20.9 Å². The first-order valence-corrected chi connectivity index (χ1v) is 9.20. The van der Waals surface area contributed by atoms with Crippen LogP contribution in [0.4, 0.5) is 0 Å². The van der Waals surface area contributed by atoms with Crippen LogP contribution in [0, 0.1) is 0 Å². The lowest BCUT2D eigenvalue weighted by Crippen LogP contribution is -2.45. The molecule has 1 N–H and O–H groups in total. The minimum Gasteiger partial charge on any atom is -0.314 e. The Morgan fingerprint density at radius 2 is 2.00 bits per heavy atom. The van der Waals surface area contributed by atoms with Crippen LogP contribution in [0.5, 0.6) is 0 Å². The summed E-state index contributed by atoms with van der Waals surface area (Å²) in [4.78, 5) is 9.62. The molecule has 0 amide bonds. The van der Waals surface area contributed by atoms with Gasteiger partial charge in [0.15, 0.2) is 0 Å². The van der Waals surface area contributed by atoms with Crippen molar-refractivity contribution < 1.29 is 0 Å². The van der Waals surface area contributed by atoms with E-state index in [9.17, 15) is 0 Å². The maximum Gasteiger partial charge on any atom is 0.0492 e. The lowest BCUT2D eigenvalue weighted by Gasteiger charge is -2.36. The molecular weight excluding hydrogens is 314 g/mol. The molecule has 3 aromatic rings. The van der Waals surface area contributed by atoms with E-state index in [-0.39, 0.29) is 0 Å². The lowest BCUT2D eigenvalue weighted by atomic mass is 10.1. The predicted octanol–water partition coefficient (Wildman–Crippen LogP) is 3.96. The van der Waals surface area contributed by atoms with Crippen LogP contribution in [0.3, 0.4) is 0 Å². The van der Waals surface area contributed by atoms with Crippen LogP contribution in [-0.2, 0) is 6.54 Å². The van der Waals surface area contributed by atoms with E-state index in [4.69, 9.17) is 0 Å². The van der Waals surface area contributed by atoms with Crippen LogP contribution in [0.2, 0.25) is 0 Å². The number of hydrogen-bond donors (Lipinski definition) is 1. The number of nitrogens with zero attached hydrogens (tertiary/aromatic N) is 2. The standard InChI is InChI=1S/C20H21N3S/c1-2-5-16(6-3-1)20-9-8-18(24-20)15-23-12-11-22-14-19(23)17-7-4-10-21-13-17/h1-10,13,19,22H,11-12,14-15H2. The molecule has 4 heteroatoms. The Bertz CT molecular complexity index is 770. The van der Waals surface area contributed by atoms with Crippen LogP contribution in [-0.4, -0.2) is 29.5 Å². The van der Waals surface area contributed by atoms with E-state index in [1.54, 1.807) is 0 Å². The molecule has 0 saturated carbocycles. The molecule has 3 heterocycles. The molecule has 1 saturated heterocycles. The number of benzene rings is 1. The third-order valence-corrected chi connectivity index (χ3v) is 5.62. The molecule has 1 aliphatic rings. The molecule has 0 radical (unpaired) electrons. The Hall–Kier alpha value is -2.01. The monoisotopic (exact) mass is 335 g/mol. The van der Waals surface area contributed by atoms with Gasteiger partial charge in [-0.3, -0.25) is 9.88 Å². The molecule has 1 aliphatic heterocycles. The van der Waals surface area contributed by atoms with Gasteiger partial charge in [-0.05, 0) is 29.3 Å². The molecule has 3 nitrogen and oxygen atoms in total. The number of piperazine rings is 1. The van der Waals surface area contributed by atoms with E-state index in [0.717, 1.165) is 26.2 Å². The molecule has 1 unspecified atom stereocenters. The summed E-state index contributed by atoms with van der Waals surface area (Å²) in [5.41, 5.74) is 2.60. The molecule has 0 bridgehead atoms. The van der Waals surface area contributed by atoms with Gasteiger partial charge >= 0.3 is 0 Å². The number of rotatable bonds is 4. The first-order chi connectivity index (χ1) is 11.9. The van der Waals surface area contributed by atoms with Crippen molar-refractivity contribution in [1.29, 1.82) is 0 Å². The maximum absolute atomic E-state index is 4.29. The molecule has 24 heavy (non-hydrogen) atoms. The molecule has 4 rings (SSSR count).